The molecular weight excluding hydrogens is 414 g/mol. The zero-order valence-electron chi connectivity index (χ0n) is 23.2. The first kappa shape index (κ1) is 25.3. The summed E-state index contributed by atoms with van der Waals surface area (Å²) in [5.41, 5.74) is 2.90. The molecule has 1 aliphatic heterocycles. The summed E-state index contributed by atoms with van der Waals surface area (Å²) in [4.78, 5) is 2.72. The van der Waals surface area contributed by atoms with Gasteiger partial charge in [-0.05, 0) is 111 Å². The molecule has 1 heterocycles. The minimum absolute atomic E-state index is 0.0514. The molecule has 2 nitrogen and oxygen atoms in total. The zero-order valence-corrected chi connectivity index (χ0v) is 23.2. The molecule has 0 radical (unpaired) electrons. The molecule has 4 aliphatic carbocycles. The first-order valence-corrected chi connectivity index (χ1v) is 15.3. The molecule has 4 unspecified atom stereocenters. The fraction of sp³-hybridized carbons (Fsp3) is 0.938. The molecule has 8 atom stereocenters. The Morgan fingerprint density at radius 2 is 1.71 bits per heavy atom. The normalized spacial score (nSPS) is 44.3. The van der Waals surface area contributed by atoms with Crippen molar-refractivity contribution < 1.29 is 5.11 Å². The second kappa shape index (κ2) is 9.85. The van der Waals surface area contributed by atoms with Crippen LogP contribution in [0.2, 0.25) is 0 Å². The van der Waals surface area contributed by atoms with Crippen LogP contribution in [-0.2, 0) is 0 Å². The molecule has 3 saturated carbocycles. The van der Waals surface area contributed by atoms with Crippen LogP contribution in [0, 0.1) is 46.3 Å². The van der Waals surface area contributed by atoms with E-state index in [-0.39, 0.29) is 6.10 Å². The van der Waals surface area contributed by atoms with Gasteiger partial charge in [0.15, 0.2) is 0 Å². The van der Waals surface area contributed by atoms with Gasteiger partial charge < -0.3 is 5.11 Å². The molecule has 4 fully saturated rings. The number of aliphatic hydroxyl groups excluding tert-OH is 1. The number of nitrogens with zero attached hydrogens (tertiary/aromatic N) is 1. The van der Waals surface area contributed by atoms with Crippen LogP contribution in [0.3, 0.4) is 0 Å². The van der Waals surface area contributed by atoms with Crippen LogP contribution >= 0.6 is 0 Å². The van der Waals surface area contributed by atoms with E-state index in [9.17, 15) is 5.11 Å². The van der Waals surface area contributed by atoms with Crippen molar-refractivity contribution >= 4 is 0 Å². The van der Waals surface area contributed by atoms with Crippen LogP contribution in [0.1, 0.15) is 118 Å². The second-order valence-corrected chi connectivity index (χ2v) is 14.5. The molecule has 1 saturated heterocycles. The third kappa shape index (κ3) is 4.46. The standard InChI is InChI=1S/C32H55NO/c1-22(2)7-6-8-23(3)28-11-12-29-27-10-9-24-21-25(33-19-15-26(34)16-20-33)13-17-31(24,4)30(27)14-18-32(28,29)5/h9,22-23,25-30,34H,6-8,10-21H2,1-5H3/t23-,25?,27?,28-,29?,30?,31+,32-/m1/s1. The van der Waals surface area contributed by atoms with Crippen molar-refractivity contribution in [1.29, 1.82) is 0 Å². The van der Waals surface area contributed by atoms with Crippen LogP contribution in [0.5, 0.6) is 0 Å². The van der Waals surface area contributed by atoms with Crippen molar-refractivity contribution in [1.82, 2.24) is 4.90 Å². The average Bonchev–Trinajstić information content (AvgIpc) is 3.16. The van der Waals surface area contributed by atoms with Crippen molar-refractivity contribution in [2.45, 2.75) is 130 Å². The van der Waals surface area contributed by atoms with Crippen molar-refractivity contribution in [3.05, 3.63) is 11.6 Å². The molecule has 0 aromatic carbocycles. The first-order valence-electron chi connectivity index (χ1n) is 15.3. The molecule has 0 aromatic rings. The van der Waals surface area contributed by atoms with Gasteiger partial charge >= 0.3 is 0 Å². The summed E-state index contributed by atoms with van der Waals surface area (Å²) in [6.07, 6.45) is 20.4. The van der Waals surface area contributed by atoms with E-state index < -0.39 is 0 Å². The third-order valence-electron chi connectivity index (χ3n) is 12.3. The average molecular weight is 470 g/mol. The lowest BCUT2D eigenvalue weighted by Gasteiger charge is -2.59. The van der Waals surface area contributed by atoms with Crippen LogP contribution in [0.25, 0.3) is 0 Å². The lowest BCUT2D eigenvalue weighted by atomic mass is 9.46. The van der Waals surface area contributed by atoms with Crippen molar-refractivity contribution in [3.63, 3.8) is 0 Å². The van der Waals surface area contributed by atoms with Gasteiger partial charge in [0, 0.05) is 19.1 Å². The van der Waals surface area contributed by atoms with E-state index in [4.69, 9.17) is 0 Å². The Balaban J connectivity index is 1.26. The molecule has 5 rings (SSSR count). The molecule has 5 aliphatic rings. The number of fused-ring (bicyclic) bond motifs is 5. The van der Waals surface area contributed by atoms with Gasteiger partial charge in [0.05, 0.1) is 6.10 Å². The largest absolute Gasteiger partial charge is 0.393 e. The molecule has 2 heteroatoms. The molecule has 194 valence electrons. The Hall–Kier alpha value is -0.340. The van der Waals surface area contributed by atoms with Crippen molar-refractivity contribution in [2.24, 2.45) is 46.3 Å². The fourth-order valence-electron chi connectivity index (χ4n) is 10.2. The topological polar surface area (TPSA) is 23.5 Å². The van der Waals surface area contributed by atoms with E-state index in [1.807, 2.05) is 5.57 Å². The molecule has 0 aromatic heterocycles. The predicted molar refractivity (Wildman–Crippen MR) is 144 cm³/mol. The number of piperidine rings is 1. The molecule has 1 N–H and O–H groups in total. The summed E-state index contributed by atoms with van der Waals surface area (Å²) in [6.45, 7) is 15.0. The lowest BCUT2D eigenvalue weighted by Crippen LogP contribution is -2.53. The maximum absolute atomic E-state index is 9.96. The highest BCUT2D eigenvalue weighted by Gasteiger charge is 2.59. The number of likely N-dealkylation sites (tertiary alicyclic amines) is 1. The first-order chi connectivity index (χ1) is 16.2. The van der Waals surface area contributed by atoms with Gasteiger partial charge in [-0.15, -0.1) is 0 Å². The number of hydrogen-bond donors (Lipinski definition) is 1. The summed E-state index contributed by atoms with van der Waals surface area (Å²) >= 11 is 0. The van der Waals surface area contributed by atoms with Gasteiger partial charge in [0.2, 0.25) is 0 Å². The number of allylic oxidation sites excluding steroid dienone is 1. The summed E-state index contributed by atoms with van der Waals surface area (Å²) in [7, 11) is 0. The molecule has 0 amide bonds. The van der Waals surface area contributed by atoms with Gasteiger partial charge in [-0.25, -0.2) is 0 Å². The Bertz CT molecular complexity index is 735. The summed E-state index contributed by atoms with van der Waals surface area (Å²) in [5.74, 6) is 5.59. The Labute approximate surface area is 211 Å². The maximum Gasteiger partial charge on any atom is 0.0564 e. The number of aliphatic hydroxyl groups is 1. The van der Waals surface area contributed by atoms with Gasteiger partial charge in [0.25, 0.3) is 0 Å². The Morgan fingerprint density at radius 3 is 2.44 bits per heavy atom. The Kier molecular flexibility index (Phi) is 7.33. The second-order valence-electron chi connectivity index (χ2n) is 14.5. The SMILES string of the molecule is CC(C)CCC[C@@H](C)[C@H]1CCC2C3CC=C4CC(N5CCC(O)CC5)CC[C@]4(C)C3CC[C@@]21C. The lowest BCUT2D eigenvalue weighted by molar-refractivity contribution is -0.0562. The van der Waals surface area contributed by atoms with E-state index in [1.54, 1.807) is 0 Å². The summed E-state index contributed by atoms with van der Waals surface area (Å²) in [6, 6.07) is 0.736. The van der Waals surface area contributed by atoms with E-state index in [0.717, 1.165) is 67.5 Å². The highest BCUT2D eigenvalue weighted by Crippen LogP contribution is 2.67. The summed E-state index contributed by atoms with van der Waals surface area (Å²) in [5, 5.41) is 9.96. The van der Waals surface area contributed by atoms with Gasteiger partial charge in [-0.2, -0.15) is 0 Å². The van der Waals surface area contributed by atoms with Gasteiger partial charge in [-0.3, -0.25) is 4.90 Å². The summed E-state index contributed by atoms with van der Waals surface area (Å²) < 4.78 is 0. The van der Waals surface area contributed by atoms with E-state index in [2.05, 4.69) is 45.6 Å². The smallest absolute Gasteiger partial charge is 0.0564 e. The van der Waals surface area contributed by atoms with Gasteiger partial charge in [0.1, 0.15) is 0 Å². The highest BCUT2D eigenvalue weighted by molar-refractivity contribution is 5.26. The predicted octanol–water partition coefficient (Wildman–Crippen LogP) is 7.85. The highest BCUT2D eigenvalue weighted by atomic mass is 16.3. The minimum atomic E-state index is -0.0514. The van der Waals surface area contributed by atoms with Crippen molar-refractivity contribution in [2.75, 3.05) is 13.1 Å². The van der Waals surface area contributed by atoms with E-state index in [0.29, 0.717) is 10.8 Å². The van der Waals surface area contributed by atoms with Crippen LogP contribution in [0.4, 0.5) is 0 Å². The third-order valence-corrected chi connectivity index (χ3v) is 12.3. The van der Waals surface area contributed by atoms with E-state index >= 15 is 0 Å². The number of hydrogen-bond acceptors (Lipinski definition) is 2. The van der Waals surface area contributed by atoms with Gasteiger partial charge in [-0.1, -0.05) is 65.5 Å². The molecule has 0 bridgehead atoms. The van der Waals surface area contributed by atoms with Crippen LogP contribution in [0.15, 0.2) is 11.6 Å². The molecule has 0 spiro atoms. The number of rotatable bonds is 6. The fourth-order valence-corrected chi connectivity index (χ4v) is 10.2. The monoisotopic (exact) mass is 469 g/mol. The van der Waals surface area contributed by atoms with Crippen LogP contribution < -0.4 is 0 Å². The molecule has 34 heavy (non-hydrogen) atoms. The quantitative estimate of drug-likeness (QED) is 0.400. The maximum atomic E-state index is 9.96. The van der Waals surface area contributed by atoms with Crippen molar-refractivity contribution in [3.8, 4) is 0 Å². The van der Waals surface area contributed by atoms with E-state index in [1.165, 1.54) is 70.6 Å². The molecular formula is C32H55NO. The Morgan fingerprint density at radius 1 is 0.941 bits per heavy atom. The zero-order chi connectivity index (χ0) is 24.1. The minimum Gasteiger partial charge on any atom is -0.393 e. The van der Waals surface area contributed by atoms with Crippen LogP contribution in [-0.4, -0.2) is 35.2 Å².